The largest absolute Gasteiger partial charge is 0.472 e. The second kappa shape index (κ2) is 9.53. The summed E-state index contributed by atoms with van der Waals surface area (Å²) < 4.78 is 11.4. The number of morpholine rings is 1. The first-order valence-electron chi connectivity index (χ1n) is 10.3. The van der Waals surface area contributed by atoms with Crippen molar-refractivity contribution < 1.29 is 19.1 Å². The van der Waals surface area contributed by atoms with Crippen molar-refractivity contribution in [1.29, 1.82) is 0 Å². The van der Waals surface area contributed by atoms with Gasteiger partial charge in [0.1, 0.15) is 11.7 Å². The fourth-order valence-electron chi connectivity index (χ4n) is 3.67. The molecule has 2 aromatic rings. The minimum absolute atomic E-state index is 0.115. The quantitative estimate of drug-likeness (QED) is 0.782. The van der Waals surface area contributed by atoms with E-state index in [9.17, 15) is 9.59 Å². The molecule has 0 aliphatic carbocycles. The Kier molecular flexibility index (Phi) is 6.58. The summed E-state index contributed by atoms with van der Waals surface area (Å²) in [6.45, 7) is 5.03. The fourth-order valence-corrected chi connectivity index (χ4v) is 3.85. The summed E-state index contributed by atoms with van der Waals surface area (Å²) in [5, 5.41) is 3.47. The summed E-state index contributed by atoms with van der Waals surface area (Å²) in [7, 11) is 0. The Hall–Kier alpha value is -2.84. The lowest BCUT2D eigenvalue weighted by molar-refractivity contribution is 0.0298. The van der Waals surface area contributed by atoms with E-state index in [1.165, 1.54) is 0 Å². The number of likely N-dealkylation sites (tertiary alicyclic amines) is 1. The molecule has 3 amide bonds. The van der Waals surface area contributed by atoms with Crippen molar-refractivity contribution in [3.05, 3.63) is 52.7 Å². The van der Waals surface area contributed by atoms with E-state index in [2.05, 4.69) is 10.3 Å². The molecule has 31 heavy (non-hydrogen) atoms. The minimum atomic E-state index is -0.239. The van der Waals surface area contributed by atoms with Crippen molar-refractivity contribution >= 4 is 29.2 Å². The number of urea groups is 1. The van der Waals surface area contributed by atoms with Crippen LogP contribution in [0.1, 0.15) is 22.3 Å². The first-order valence-corrected chi connectivity index (χ1v) is 10.7. The Morgan fingerprint density at radius 3 is 2.81 bits per heavy atom. The Bertz CT molecular complexity index is 964. The molecule has 2 aliphatic rings. The lowest BCUT2D eigenvalue weighted by Gasteiger charge is -2.27. The third-order valence-corrected chi connectivity index (χ3v) is 5.69. The van der Waals surface area contributed by atoms with Gasteiger partial charge in [-0.1, -0.05) is 17.7 Å². The average molecular weight is 445 g/mol. The van der Waals surface area contributed by atoms with Gasteiger partial charge in [0.25, 0.3) is 5.91 Å². The summed E-state index contributed by atoms with van der Waals surface area (Å²) in [5.41, 5.74) is 2.05. The number of aromatic nitrogens is 1. The van der Waals surface area contributed by atoms with Gasteiger partial charge < -0.3 is 24.6 Å². The van der Waals surface area contributed by atoms with Crippen LogP contribution in [0.3, 0.4) is 0 Å². The van der Waals surface area contributed by atoms with Gasteiger partial charge in [-0.15, -0.1) is 0 Å². The number of hydrogen-bond acceptors (Lipinski definition) is 5. The van der Waals surface area contributed by atoms with Crippen LogP contribution in [0.2, 0.25) is 5.02 Å². The van der Waals surface area contributed by atoms with Gasteiger partial charge in [-0.05, 0) is 36.8 Å². The van der Waals surface area contributed by atoms with Crippen LogP contribution in [0.5, 0.6) is 5.88 Å². The van der Waals surface area contributed by atoms with Crippen LogP contribution in [0.15, 0.2) is 36.5 Å². The molecular weight excluding hydrogens is 420 g/mol. The maximum atomic E-state index is 12.9. The molecule has 164 valence electrons. The molecule has 1 unspecified atom stereocenters. The molecule has 1 N–H and O–H groups in total. The maximum absolute atomic E-state index is 12.9. The normalized spacial score (nSPS) is 18.7. The Labute approximate surface area is 186 Å². The van der Waals surface area contributed by atoms with Crippen molar-refractivity contribution in [2.24, 2.45) is 0 Å². The number of aryl methyl sites for hydroxylation is 1. The highest BCUT2D eigenvalue weighted by molar-refractivity contribution is 6.31. The van der Waals surface area contributed by atoms with Gasteiger partial charge in [0, 0.05) is 43.0 Å². The smallest absolute Gasteiger partial charge is 0.321 e. The van der Waals surface area contributed by atoms with E-state index in [0.29, 0.717) is 68.0 Å². The molecule has 0 radical (unpaired) electrons. The van der Waals surface area contributed by atoms with Gasteiger partial charge in [-0.2, -0.15) is 0 Å². The number of amides is 3. The molecular formula is C22H25ClN4O4. The van der Waals surface area contributed by atoms with Gasteiger partial charge in [0.2, 0.25) is 5.88 Å². The van der Waals surface area contributed by atoms with Crippen molar-refractivity contribution in [2.45, 2.75) is 19.4 Å². The second-order valence-electron chi connectivity index (χ2n) is 7.62. The van der Waals surface area contributed by atoms with E-state index in [1.54, 1.807) is 40.3 Å². The number of hydrogen-bond donors (Lipinski definition) is 1. The fraction of sp³-hybridized carbons (Fsp3) is 0.409. The number of halogens is 1. The van der Waals surface area contributed by atoms with Crippen molar-refractivity contribution in [3.8, 4) is 5.88 Å². The number of ether oxygens (including phenoxy) is 2. The molecule has 1 atom stereocenters. The standard InChI is InChI=1S/C22H25ClN4O4/c1-15-4-5-16(23)13-19(15)25-22(29)27-8-6-17(14-27)31-20-18(3-2-7-24-20)21(28)26-9-11-30-12-10-26/h2-5,7,13,17H,6,8-12,14H2,1H3,(H,25,29). The molecule has 8 nitrogen and oxygen atoms in total. The second-order valence-corrected chi connectivity index (χ2v) is 8.06. The molecule has 4 rings (SSSR count). The van der Waals surface area contributed by atoms with Crippen LogP contribution in [0.4, 0.5) is 10.5 Å². The van der Waals surface area contributed by atoms with Crippen LogP contribution < -0.4 is 10.1 Å². The van der Waals surface area contributed by atoms with E-state index in [-0.39, 0.29) is 18.0 Å². The van der Waals surface area contributed by atoms with Crippen LogP contribution in [-0.2, 0) is 4.74 Å². The molecule has 1 aromatic heterocycles. The molecule has 0 bridgehead atoms. The summed E-state index contributed by atoms with van der Waals surface area (Å²) in [4.78, 5) is 33.3. The predicted octanol–water partition coefficient (Wildman–Crippen LogP) is 3.20. The van der Waals surface area contributed by atoms with Gasteiger partial charge in [0.15, 0.2) is 0 Å². The topological polar surface area (TPSA) is 84.0 Å². The van der Waals surface area contributed by atoms with Gasteiger partial charge in [0.05, 0.1) is 19.8 Å². The van der Waals surface area contributed by atoms with Crippen LogP contribution >= 0.6 is 11.6 Å². The highest BCUT2D eigenvalue weighted by Crippen LogP contribution is 2.24. The van der Waals surface area contributed by atoms with E-state index in [1.807, 2.05) is 13.0 Å². The zero-order valence-corrected chi connectivity index (χ0v) is 18.1. The van der Waals surface area contributed by atoms with Gasteiger partial charge in [-0.25, -0.2) is 9.78 Å². The van der Waals surface area contributed by atoms with Crippen LogP contribution in [-0.4, -0.2) is 72.2 Å². The zero-order chi connectivity index (χ0) is 21.8. The summed E-state index contributed by atoms with van der Waals surface area (Å²) >= 11 is 6.04. The summed E-state index contributed by atoms with van der Waals surface area (Å²) in [6.07, 6.45) is 2.02. The number of rotatable bonds is 4. The van der Waals surface area contributed by atoms with E-state index < -0.39 is 0 Å². The Balaban J connectivity index is 1.39. The number of nitrogens with one attached hydrogen (secondary N) is 1. The number of anilines is 1. The number of carbonyl (C=O) groups is 2. The molecule has 1 aromatic carbocycles. The SMILES string of the molecule is Cc1ccc(Cl)cc1NC(=O)N1CCC(Oc2ncccc2C(=O)N2CCOCC2)C1. The minimum Gasteiger partial charge on any atom is -0.472 e. The monoisotopic (exact) mass is 444 g/mol. The van der Waals surface area contributed by atoms with Crippen molar-refractivity contribution in [2.75, 3.05) is 44.7 Å². The third kappa shape index (κ3) is 5.08. The molecule has 9 heteroatoms. The van der Waals surface area contributed by atoms with Gasteiger partial charge in [-0.3, -0.25) is 4.79 Å². The molecule has 2 aliphatic heterocycles. The van der Waals surface area contributed by atoms with E-state index in [4.69, 9.17) is 21.1 Å². The highest BCUT2D eigenvalue weighted by Gasteiger charge is 2.30. The number of benzene rings is 1. The Morgan fingerprint density at radius 2 is 2.00 bits per heavy atom. The summed E-state index contributed by atoms with van der Waals surface area (Å²) in [6, 6.07) is 8.62. The number of pyridine rings is 1. The first-order chi connectivity index (χ1) is 15.0. The lowest BCUT2D eigenvalue weighted by Crippen LogP contribution is -2.41. The molecule has 0 saturated carbocycles. The van der Waals surface area contributed by atoms with Crippen LogP contribution in [0.25, 0.3) is 0 Å². The summed E-state index contributed by atoms with van der Waals surface area (Å²) in [5.74, 6) is 0.187. The van der Waals surface area contributed by atoms with E-state index in [0.717, 1.165) is 5.56 Å². The zero-order valence-electron chi connectivity index (χ0n) is 17.3. The predicted molar refractivity (Wildman–Crippen MR) is 117 cm³/mol. The highest BCUT2D eigenvalue weighted by atomic mass is 35.5. The average Bonchev–Trinajstić information content (AvgIpc) is 3.25. The first kappa shape index (κ1) is 21.4. The molecule has 2 fully saturated rings. The number of carbonyl (C=O) groups excluding carboxylic acids is 2. The molecule has 2 saturated heterocycles. The van der Waals surface area contributed by atoms with E-state index >= 15 is 0 Å². The maximum Gasteiger partial charge on any atom is 0.321 e. The van der Waals surface area contributed by atoms with Crippen molar-refractivity contribution in [3.63, 3.8) is 0 Å². The van der Waals surface area contributed by atoms with Crippen molar-refractivity contribution in [1.82, 2.24) is 14.8 Å². The van der Waals surface area contributed by atoms with Crippen LogP contribution in [0, 0.1) is 6.92 Å². The number of nitrogens with zero attached hydrogens (tertiary/aromatic N) is 3. The molecule has 0 spiro atoms. The van der Waals surface area contributed by atoms with Gasteiger partial charge >= 0.3 is 6.03 Å². The Morgan fingerprint density at radius 1 is 1.19 bits per heavy atom. The third-order valence-electron chi connectivity index (χ3n) is 5.45. The lowest BCUT2D eigenvalue weighted by atomic mass is 10.2. The molecule has 3 heterocycles.